The number of amides is 1. The molecule has 0 saturated carbocycles. The fourth-order valence-corrected chi connectivity index (χ4v) is 2.75. The van der Waals surface area contributed by atoms with Crippen molar-refractivity contribution in [1.29, 1.82) is 0 Å². The maximum Gasteiger partial charge on any atom is 0.433 e. The lowest BCUT2D eigenvalue weighted by Crippen LogP contribution is -2.28. The summed E-state index contributed by atoms with van der Waals surface area (Å²) in [5.41, 5.74) is -0.510. The minimum atomic E-state index is -4.57. The highest BCUT2D eigenvalue weighted by molar-refractivity contribution is 7.99. The number of aromatic nitrogens is 2. The summed E-state index contributed by atoms with van der Waals surface area (Å²) in [6.07, 6.45) is -3.58. The second-order valence-electron chi connectivity index (χ2n) is 5.23. The van der Waals surface area contributed by atoms with Gasteiger partial charge in [0.1, 0.15) is 5.69 Å². The first-order valence-corrected chi connectivity index (χ1v) is 8.28. The van der Waals surface area contributed by atoms with Gasteiger partial charge in [-0.3, -0.25) is 4.79 Å². The van der Waals surface area contributed by atoms with E-state index in [1.54, 1.807) is 6.07 Å². The molecule has 0 unspecified atom stereocenters. The molecule has 5 nitrogen and oxygen atoms in total. The first-order chi connectivity index (χ1) is 12.2. The first kappa shape index (κ1) is 20.0. The van der Waals surface area contributed by atoms with Gasteiger partial charge in [-0.05, 0) is 23.8 Å². The summed E-state index contributed by atoms with van der Waals surface area (Å²) in [6, 6.07) is 5.09. The van der Waals surface area contributed by atoms with E-state index in [1.807, 2.05) is 0 Å². The van der Waals surface area contributed by atoms with E-state index in [-0.39, 0.29) is 29.1 Å². The van der Waals surface area contributed by atoms with Gasteiger partial charge in [-0.2, -0.15) is 13.2 Å². The molecule has 0 radical (unpaired) electrons. The van der Waals surface area contributed by atoms with Gasteiger partial charge in [-0.1, -0.05) is 17.8 Å². The minimum Gasteiger partial charge on any atom is -0.494 e. The molecule has 26 heavy (non-hydrogen) atoms. The molecule has 0 aliphatic heterocycles. The van der Waals surface area contributed by atoms with Gasteiger partial charge in [0.15, 0.2) is 16.7 Å². The van der Waals surface area contributed by atoms with Crippen LogP contribution in [-0.4, -0.2) is 40.7 Å². The Bertz CT molecular complexity index is 786. The van der Waals surface area contributed by atoms with Crippen LogP contribution in [0.5, 0.6) is 5.75 Å². The van der Waals surface area contributed by atoms with Crippen molar-refractivity contribution in [3.63, 3.8) is 0 Å². The summed E-state index contributed by atoms with van der Waals surface area (Å²) < 4.78 is 56.3. The molecule has 0 spiro atoms. The molecule has 1 aromatic carbocycles. The van der Waals surface area contributed by atoms with Crippen molar-refractivity contribution in [1.82, 2.24) is 14.9 Å². The Hall–Kier alpha value is -2.36. The Morgan fingerprint density at radius 1 is 1.31 bits per heavy atom. The summed E-state index contributed by atoms with van der Waals surface area (Å²) in [5.74, 6) is -0.944. The second-order valence-corrected chi connectivity index (χ2v) is 6.17. The third kappa shape index (κ3) is 5.32. The number of hydrogen-bond acceptors (Lipinski definition) is 5. The van der Waals surface area contributed by atoms with Crippen molar-refractivity contribution in [3.8, 4) is 5.75 Å². The number of methoxy groups -OCH3 is 1. The third-order valence-electron chi connectivity index (χ3n) is 3.31. The highest BCUT2D eigenvalue weighted by Gasteiger charge is 2.32. The zero-order valence-electron chi connectivity index (χ0n) is 13.9. The number of hydrogen-bond donors (Lipinski definition) is 0. The van der Waals surface area contributed by atoms with Crippen molar-refractivity contribution in [2.45, 2.75) is 17.9 Å². The number of nitrogens with zero attached hydrogens (tertiary/aromatic N) is 3. The van der Waals surface area contributed by atoms with Crippen LogP contribution >= 0.6 is 11.8 Å². The Kier molecular flexibility index (Phi) is 6.41. The Labute approximate surface area is 151 Å². The standard InChI is InChI=1S/C16H15F4N3O2S/c1-23(8-10-3-4-12(25-2)11(17)7-10)14(24)9-26-15-21-6-5-13(22-15)16(18,19)20/h3-7H,8-9H2,1-2H3. The average molecular weight is 389 g/mol. The molecular weight excluding hydrogens is 374 g/mol. The molecule has 0 aliphatic rings. The predicted octanol–water partition coefficient (Wildman–Crippen LogP) is 3.39. The Balaban J connectivity index is 1.94. The van der Waals surface area contributed by atoms with Gasteiger partial charge in [0.25, 0.3) is 0 Å². The molecule has 0 N–H and O–H groups in total. The van der Waals surface area contributed by atoms with E-state index in [4.69, 9.17) is 4.74 Å². The molecular formula is C16H15F4N3O2S. The maximum atomic E-state index is 13.7. The zero-order valence-corrected chi connectivity index (χ0v) is 14.7. The van der Waals surface area contributed by atoms with E-state index < -0.39 is 17.7 Å². The summed E-state index contributed by atoms with van der Waals surface area (Å²) in [4.78, 5) is 20.6. The molecule has 1 amide bonds. The minimum absolute atomic E-state index is 0.0972. The van der Waals surface area contributed by atoms with Crippen molar-refractivity contribution in [2.24, 2.45) is 0 Å². The van der Waals surface area contributed by atoms with Crippen LogP contribution in [0, 0.1) is 5.82 Å². The van der Waals surface area contributed by atoms with Crippen molar-refractivity contribution >= 4 is 17.7 Å². The maximum absolute atomic E-state index is 13.7. The third-order valence-corrected chi connectivity index (χ3v) is 4.16. The fraction of sp³-hybridized carbons (Fsp3) is 0.312. The largest absolute Gasteiger partial charge is 0.494 e. The lowest BCUT2D eigenvalue weighted by atomic mass is 10.2. The number of carbonyl (C=O) groups excluding carboxylic acids is 1. The number of ether oxygens (including phenoxy) is 1. The number of halogens is 4. The SMILES string of the molecule is COc1ccc(CN(C)C(=O)CSc2nccc(C(F)(F)F)n2)cc1F. The second kappa shape index (κ2) is 8.35. The van der Waals surface area contributed by atoms with Crippen LogP contribution in [-0.2, 0) is 17.5 Å². The van der Waals surface area contributed by atoms with Gasteiger partial charge >= 0.3 is 6.18 Å². The van der Waals surface area contributed by atoms with Gasteiger partial charge in [0.05, 0.1) is 12.9 Å². The molecule has 0 bridgehead atoms. The van der Waals surface area contributed by atoms with Gasteiger partial charge in [-0.25, -0.2) is 14.4 Å². The highest BCUT2D eigenvalue weighted by Crippen LogP contribution is 2.28. The molecule has 1 aromatic heterocycles. The van der Waals surface area contributed by atoms with E-state index >= 15 is 0 Å². The van der Waals surface area contributed by atoms with E-state index in [0.717, 1.165) is 24.0 Å². The smallest absolute Gasteiger partial charge is 0.433 e. The molecule has 1 heterocycles. The van der Waals surface area contributed by atoms with Gasteiger partial charge in [-0.15, -0.1) is 0 Å². The number of benzene rings is 1. The molecule has 0 saturated heterocycles. The monoisotopic (exact) mass is 389 g/mol. The van der Waals surface area contributed by atoms with Crippen molar-refractivity contribution in [2.75, 3.05) is 19.9 Å². The topological polar surface area (TPSA) is 55.3 Å². The van der Waals surface area contributed by atoms with Crippen LogP contribution in [0.4, 0.5) is 17.6 Å². The summed E-state index contributed by atoms with van der Waals surface area (Å²) in [5, 5.41) is -0.142. The van der Waals surface area contributed by atoms with E-state index in [0.29, 0.717) is 5.56 Å². The Morgan fingerprint density at radius 2 is 2.04 bits per heavy atom. The van der Waals surface area contributed by atoms with Gasteiger partial charge in [0, 0.05) is 19.8 Å². The summed E-state index contributed by atoms with van der Waals surface area (Å²) in [7, 11) is 2.86. The van der Waals surface area contributed by atoms with Crippen LogP contribution < -0.4 is 4.74 Å². The number of thioether (sulfide) groups is 1. The molecule has 140 valence electrons. The van der Waals surface area contributed by atoms with Crippen molar-refractivity contribution < 1.29 is 27.1 Å². The molecule has 0 aliphatic carbocycles. The van der Waals surface area contributed by atoms with Gasteiger partial charge < -0.3 is 9.64 Å². The number of alkyl halides is 3. The predicted molar refractivity (Wildman–Crippen MR) is 87.2 cm³/mol. The van der Waals surface area contributed by atoms with Crippen LogP contribution in [0.3, 0.4) is 0 Å². The zero-order chi connectivity index (χ0) is 19.3. The van der Waals surface area contributed by atoms with Crippen molar-refractivity contribution in [3.05, 3.63) is 47.5 Å². The summed E-state index contributed by atoms with van der Waals surface area (Å²) >= 11 is 0.799. The molecule has 10 heteroatoms. The van der Waals surface area contributed by atoms with Crippen LogP contribution in [0.2, 0.25) is 0 Å². The molecule has 0 fully saturated rings. The molecule has 0 atom stereocenters. The Morgan fingerprint density at radius 3 is 2.65 bits per heavy atom. The quantitative estimate of drug-likeness (QED) is 0.431. The van der Waals surface area contributed by atoms with E-state index in [1.165, 1.54) is 31.2 Å². The van der Waals surface area contributed by atoms with Crippen LogP contribution in [0.25, 0.3) is 0 Å². The lowest BCUT2D eigenvalue weighted by molar-refractivity contribution is -0.141. The van der Waals surface area contributed by atoms with E-state index in [9.17, 15) is 22.4 Å². The normalized spacial score (nSPS) is 11.3. The summed E-state index contributed by atoms with van der Waals surface area (Å²) in [6.45, 7) is 0.143. The lowest BCUT2D eigenvalue weighted by Gasteiger charge is -2.17. The van der Waals surface area contributed by atoms with Crippen LogP contribution in [0.1, 0.15) is 11.3 Å². The number of rotatable bonds is 6. The number of carbonyl (C=O) groups is 1. The molecule has 2 aromatic rings. The first-order valence-electron chi connectivity index (χ1n) is 7.30. The van der Waals surface area contributed by atoms with E-state index in [2.05, 4.69) is 9.97 Å². The van der Waals surface area contributed by atoms with Crippen LogP contribution in [0.15, 0.2) is 35.6 Å². The fourth-order valence-electron chi connectivity index (χ4n) is 1.97. The molecule has 2 rings (SSSR count). The highest BCUT2D eigenvalue weighted by atomic mass is 32.2. The average Bonchev–Trinajstić information content (AvgIpc) is 2.59. The van der Waals surface area contributed by atoms with Gasteiger partial charge in [0.2, 0.25) is 5.91 Å².